The Balaban J connectivity index is 1.31. The third kappa shape index (κ3) is 5.80. The van der Waals surface area contributed by atoms with E-state index in [0.29, 0.717) is 36.8 Å². The number of rotatable bonds is 8. The Labute approximate surface area is 216 Å². The smallest absolute Gasteiger partial charge is 0.258 e. The number of nitrogens with one attached hydrogen (secondary N) is 2. The maximum atomic E-state index is 13.2. The van der Waals surface area contributed by atoms with Crippen molar-refractivity contribution in [1.82, 2.24) is 24.6 Å². The Morgan fingerprint density at radius 1 is 1.08 bits per heavy atom. The topological polar surface area (TPSA) is 95.9 Å². The van der Waals surface area contributed by atoms with Crippen molar-refractivity contribution < 1.29 is 9.59 Å². The zero-order valence-corrected chi connectivity index (χ0v) is 21.1. The zero-order chi connectivity index (χ0) is 25.6. The Bertz CT molecular complexity index is 1350. The number of benzene rings is 2. The van der Waals surface area contributed by atoms with Gasteiger partial charge in [-0.05, 0) is 68.9 Å². The van der Waals surface area contributed by atoms with Gasteiger partial charge in [-0.2, -0.15) is 5.10 Å². The lowest BCUT2D eigenvalue weighted by Gasteiger charge is -2.33. The molecule has 2 aromatic heterocycles. The van der Waals surface area contributed by atoms with Gasteiger partial charge in [0.1, 0.15) is 0 Å². The first-order valence-electron chi connectivity index (χ1n) is 12.9. The molecule has 3 heterocycles. The number of anilines is 1. The van der Waals surface area contributed by atoms with Crippen LogP contribution in [-0.2, 0) is 11.2 Å². The van der Waals surface area contributed by atoms with E-state index in [1.54, 1.807) is 18.5 Å². The van der Waals surface area contributed by atoms with Crippen molar-refractivity contribution in [1.29, 1.82) is 0 Å². The monoisotopic (exact) mass is 496 g/mol. The van der Waals surface area contributed by atoms with Gasteiger partial charge in [-0.15, -0.1) is 0 Å². The van der Waals surface area contributed by atoms with Gasteiger partial charge < -0.3 is 4.90 Å². The summed E-state index contributed by atoms with van der Waals surface area (Å²) in [6.45, 7) is 3.00. The summed E-state index contributed by atoms with van der Waals surface area (Å²) in [7, 11) is 0. The molecule has 8 heteroatoms. The van der Waals surface area contributed by atoms with Gasteiger partial charge in [0.05, 0.1) is 11.9 Å². The van der Waals surface area contributed by atoms with Gasteiger partial charge in [0, 0.05) is 48.2 Å². The average Bonchev–Trinajstić information content (AvgIpc) is 3.60. The second-order valence-electron chi connectivity index (χ2n) is 9.57. The highest BCUT2D eigenvalue weighted by atomic mass is 16.2. The fraction of sp³-hybridized carbons (Fsp3) is 0.310. The number of imidazole rings is 1. The molecule has 0 bridgehead atoms. The largest absolute Gasteiger partial charge is 0.340 e. The van der Waals surface area contributed by atoms with Gasteiger partial charge in [0.25, 0.3) is 5.91 Å². The first-order chi connectivity index (χ1) is 18.1. The van der Waals surface area contributed by atoms with Crippen LogP contribution in [0.4, 0.5) is 5.95 Å². The number of carbonyl (C=O) groups excluding carboxylic acids is 2. The highest BCUT2D eigenvalue weighted by Gasteiger charge is 2.23. The number of aromatic amines is 1. The minimum absolute atomic E-state index is 0.223. The molecule has 2 aromatic carbocycles. The molecule has 5 rings (SSSR count). The number of aryl methyl sites for hydroxylation is 1. The van der Waals surface area contributed by atoms with E-state index in [9.17, 15) is 9.59 Å². The van der Waals surface area contributed by atoms with E-state index in [1.807, 2.05) is 64.2 Å². The van der Waals surface area contributed by atoms with Gasteiger partial charge in [0.2, 0.25) is 11.9 Å². The molecule has 1 unspecified atom stereocenters. The highest BCUT2D eigenvalue weighted by Crippen LogP contribution is 2.22. The molecule has 0 spiro atoms. The molecule has 2 amide bonds. The van der Waals surface area contributed by atoms with Crippen LogP contribution in [0.5, 0.6) is 0 Å². The molecule has 1 aliphatic heterocycles. The van der Waals surface area contributed by atoms with Crippen LogP contribution >= 0.6 is 0 Å². The van der Waals surface area contributed by atoms with Crippen LogP contribution in [0.3, 0.4) is 0 Å². The number of hydrogen-bond acceptors (Lipinski definition) is 4. The number of H-pyrrole nitrogens is 1. The molecular weight excluding hydrogens is 464 g/mol. The average molecular weight is 497 g/mol. The maximum Gasteiger partial charge on any atom is 0.258 e. The van der Waals surface area contributed by atoms with Crippen LogP contribution in [-0.4, -0.2) is 49.0 Å². The molecule has 37 heavy (non-hydrogen) atoms. The zero-order valence-electron chi connectivity index (χ0n) is 21.1. The number of likely N-dealkylation sites (tertiary alicyclic amines) is 1. The van der Waals surface area contributed by atoms with Crippen molar-refractivity contribution in [3.05, 3.63) is 84.4 Å². The predicted molar refractivity (Wildman–Crippen MR) is 144 cm³/mol. The van der Waals surface area contributed by atoms with Crippen LogP contribution in [0.1, 0.15) is 55.1 Å². The molecule has 8 nitrogen and oxygen atoms in total. The number of para-hydroxylation sites is 1. The fourth-order valence-corrected chi connectivity index (χ4v) is 4.88. The maximum absolute atomic E-state index is 13.2. The fourth-order valence-electron chi connectivity index (χ4n) is 4.88. The second-order valence-corrected chi connectivity index (χ2v) is 9.57. The minimum atomic E-state index is -0.242. The Hall–Kier alpha value is -4.20. The number of carbonyl (C=O) groups is 2. The van der Waals surface area contributed by atoms with Gasteiger partial charge in [0.15, 0.2) is 0 Å². The normalized spacial score (nSPS) is 15.5. The van der Waals surface area contributed by atoms with Crippen LogP contribution in [0.25, 0.3) is 16.8 Å². The molecule has 4 aromatic rings. The summed E-state index contributed by atoms with van der Waals surface area (Å²) < 4.78 is 1.89. The van der Waals surface area contributed by atoms with Crippen molar-refractivity contribution in [2.45, 2.75) is 51.5 Å². The van der Waals surface area contributed by atoms with Crippen molar-refractivity contribution >= 4 is 17.8 Å². The number of aromatic nitrogens is 4. The van der Waals surface area contributed by atoms with Crippen LogP contribution in [0.15, 0.2) is 73.2 Å². The third-order valence-corrected chi connectivity index (χ3v) is 6.92. The number of piperidine rings is 1. The molecule has 0 aliphatic carbocycles. The predicted octanol–water partition coefficient (Wildman–Crippen LogP) is 5.24. The van der Waals surface area contributed by atoms with Crippen LogP contribution in [0.2, 0.25) is 0 Å². The minimum Gasteiger partial charge on any atom is -0.340 e. The molecule has 0 saturated carbocycles. The Morgan fingerprint density at radius 2 is 1.95 bits per heavy atom. The number of hydrogen-bond donors (Lipinski definition) is 2. The van der Waals surface area contributed by atoms with Crippen LogP contribution in [0, 0.1) is 0 Å². The van der Waals surface area contributed by atoms with Crippen molar-refractivity contribution in [3.63, 3.8) is 0 Å². The molecule has 1 fully saturated rings. The summed E-state index contributed by atoms with van der Waals surface area (Å²) in [5, 5.41) is 9.78. The molecule has 190 valence electrons. The quantitative estimate of drug-likeness (QED) is 0.349. The lowest BCUT2D eigenvalue weighted by Crippen LogP contribution is -2.41. The van der Waals surface area contributed by atoms with Crippen molar-refractivity contribution in [3.8, 4) is 16.8 Å². The highest BCUT2D eigenvalue weighted by molar-refractivity contribution is 6.04. The van der Waals surface area contributed by atoms with Gasteiger partial charge >= 0.3 is 0 Å². The van der Waals surface area contributed by atoms with Gasteiger partial charge in [-0.3, -0.25) is 24.6 Å². The Kier molecular flexibility index (Phi) is 7.44. The molecule has 1 aliphatic rings. The van der Waals surface area contributed by atoms with Gasteiger partial charge in [-0.25, -0.2) is 4.98 Å². The van der Waals surface area contributed by atoms with Crippen molar-refractivity contribution in [2.24, 2.45) is 0 Å². The second kappa shape index (κ2) is 11.2. The third-order valence-electron chi connectivity index (χ3n) is 6.92. The Morgan fingerprint density at radius 3 is 2.73 bits per heavy atom. The summed E-state index contributed by atoms with van der Waals surface area (Å²) in [5.41, 5.74) is 4.09. The molecule has 1 saturated heterocycles. The van der Waals surface area contributed by atoms with E-state index in [1.165, 1.54) is 6.42 Å². The summed E-state index contributed by atoms with van der Waals surface area (Å²) in [5.74, 6) is 0.436. The lowest BCUT2D eigenvalue weighted by atomic mass is 10.0. The van der Waals surface area contributed by atoms with Gasteiger partial charge in [-0.1, -0.05) is 30.3 Å². The number of nitrogens with zero attached hydrogens (tertiary/aromatic N) is 4. The van der Waals surface area contributed by atoms with Crippen molar-refractivity contribution in [2.75, 3.05) is 11.9 Å². The molecule has 1 atom stereocenters. The van der Waals surface area contributed by atoms with E-state index in [2.05, 4.69) is 22.4 Å². The summed E-state index contributed by atoms with van der Waals surface area (Å²) >= 11 is 0. The first kappa shape index (κ1) is 24.5. The summed E-state index contributed by atoms with van der Waals surface area (Å²) in [6.07, 6.45) is 10.7. The molecule has 2 N–H and O–H groups in total. The van der Waals surface area contributed by atoms with E-state index < -0.39 is 0 Å². The van der Waals surface area contributed by atoms with E-state index >= 15 is 0 Å². The van der Waals surface area contributed by atoms with Crippen LogP contribution < -0.4 is 5.32 Å². The van der Waals surface area contributed by atoms with E-state index in [0.717, 1.165) is 41.9 Å². The molecular formula is C29H32N6O2. The summed E-state index contributed by atoms with van der Waals surface area (Å²) in [6, 6.07) is 17.5. The standard InChI is InChI=1S/C29H32N6O2/c1-21-9-5-6-16-34(21)27(36)15-8-12-25-20-35(26-13-3-2-4-14-26)29(32-25)33-28(37)23-11-7-10-22(17-23)24-18-30-31-19-24/h2-4,7,10-11,13-14,17-21H,5-6,8-9,12,15-16H2,1H3,(H,30,31)(H,32,33,37). The lowest BCUT2D eigenvalue weighted by molar-refractivity contribution is -0.134. The summed E-state index contributed by atoms with van der Waals surface area (Å²) in [4.78, 5) is 32.7. The molecule has 0 radical (unpaired) electrons. The van der Waals surface area contributed by atoms with E-state index in [4.69, 9.17) is 4.98 Å². The first-order valence-corrected chi connectivity index (χ1v) is 12.9. The van der Waals surface area contributed by atoms with E-state index in [-0.39, 0.29) is 11.8 Å². The SMILES string of the molecule is CC1CCCCN1C(=O)CCCc1cn(-c2ccccc2)c(NC(=O)c2cccc(-c3cn[nH]c3)c2)n1. The number of amides is 2.